The van der Waals surface area contributed by atoms with Crippen molar-refractivity contribution in [1.82, 2.24) is 10.6 Å². The zero-order chi connectivity index (χ0) is 13.8. The highest BCUT2D eigenvalue weighted by molar-refractivity contribution is 9.10. The van der Waals surface area contributed by atoms with E-state index in [4.69, 9.17) is 4.74 Å². The van der Waals surface area contributed by atoms with Crippen molar-refractivity contribution in [3.05, 3.63) is 28.2 Å². The van der Waals surface area contributed by atoms with Crippen LogP contribution in [0.15, 0.2) is 22.7 Å². The van der Waals surface area contributed by atoms with Crippen LogP contribution in [0.5, 0.6) is 5.75 Å². The third-order valence-electron chi connectivity index (χ3n) is 3.24. The van der Waals surface area contributed by atoms with Gasteiger partial charge in [-0.3, -0.25) is 4.79 Å². The monoisotopic (exact) mass is 364 g/mol. The standard InChI is InChI=1S/C13H17BrN2O3.ClH/c1-19-12-4-9(14)2-3-10(12)13(18)16-6-8-5-15-7-11(8)17;/h2-4,8,11,15,17H,5-7H2,1H3,(H,16,18);1H. The molecule has 2 unspecified atom stereocenters. The van der Waals surface area contributed by atoms with Crippen molar-refractivity contribution in [3.8, 4) is 5.75 Å². The summed E-state index contributed by atoms with van der Waals surface area (Å²) in [7, 11) is 1.53. The second-order valence-corrected chi connectivity index (χ2v) is 5.46. The minimum Gasteiger partial charge on any atom is -0.496 e. The maximum Gasteiger partial charge on any atom is 0.255 e. The number of halogens is 2. The first-order valence-electron chi connectivity index (χ1n) is 6.12. The van der Waals surface area contributed by atoms with Gasteiger partial charge in [0.25, 0.3) is 5.91 Å². The van der Waals surface area contributed by atoms with Crippen molar-refractivity contribution in [1.29, 1.82) is 0 Å². The molecule has 1 aliphatic heterocycles. The van der Waals surface area contributed by atoms with Crippen molar-refractivity contribution in [2.24, 2.45) is 5.92 Å². The zero-order valence-electron chi connectivity index (χ0n) is 11.1. The number of aliphatic hydroxyl groups excluding tert-OH is 1. The number of methoxy groups -OCH3 is 1. The van der Waals surface area contributed by atoms with Crippen molar-refractivity contribution < 1.29 is 14.6 Å². The summed E-state index contributed by atoms with van der Waals surface area (Å²) < 4.78 is 6.05. The molecule has 3 N–H and O–H groups in total. The molecule has 2 rings (SSSR count). The molecule has 7 heteroatoms. The molecule has 0 spiro atoms. The van der Waals surface area contributed by atoms with Gasteiger partial charge in [-0.25, -0.2) is 0 Å². The Morgan fingerprint density at radius 2 is 2.30 bits per heavy atom. The van der Waals surface area contributed by atoms with E-state index in [0.29, 0.717) is 24.4 Å². The Balaban J connectivity index is 0.00000200. The summed E-state index contributed by atoms with van der Waals surface area (Å²) in [6, 6.07) is 5.26. The van der Waals surface area contributed by atoms with E-state index in [9.17, 15) is 9.90 Å². The van der Waals surface area contributed by atoms with Gasteiger partial charge in [-0.05, 0) is 18.2 Å². The van der Waals surface area contributed by atoms with Crippen LogP contribution in [-0.2, 0) is 0 Å². The SMILES string of the molecule is COc1cc(Br)ccc1C(=O)NCC1CNCC1O.Cl. The van der Waals surface area contributed by atoms with Gasteiger partial charge in [-0.2, -0.15) is 0 Å². The summed E-state index contributed by atoms with van der Waals surface area (Å²) in [6.07, 6.45) is -0.396. The van der Waals surface area contributed by atoms with Crippen LogP contribution >= 0.6 is 28.3 Å². The molecule has 0 aromatic heterocycles. The van der Waals surface area contributed by atoms with Gasteiger partial charge >= 0.3 is 0 Å². The van der Waals surface area contributed by atoms with Crippen LogP contribution in [-0.4, -0.2) is 43.9 Å². The Bertz CT molecular complexity index is 473. The number of rotatable bonds is 4. The Morgan fingerprint density at radius 3 is 2.90 bits per heavy atom. The molecule has 0 saturated carbocycles. The van der Waals surface area contributed by atoms with E-state index in [-0.39, 0.29) is 24.2 Å². The average Bonchev–Trinajstić information content (AvgIpc) is 2.81. The fourth-order valence-corrected chi connectivity index (χ4v) is 2.44. The second-order valence-electron chi connectivity index (χ2n) is 4.54. The Kier molecular flexibility index (Phi) is 6.75. The van der Waals surface area contributed by atoms with Gasteiger partial charge < -0.3 is 20.5 Å². The quantitative estimate of drug-likeness (QED) is 0.749. The number of β-amino-alcohol motifs (C(OH)–C–C–N with tert-alkyl or cyclic N) is 1. The van der Waals surface area contributed by atoms with E-state index in [1.807, 2.05) is 0 Å². The molecular weight excluding hydrogens is 348 g/mol. The highest BCUT2D eigenvalue weighted by atomic mass is 79.9. The fourth-order valence-electron chi connectivity index (χ4n) is 2.10. The van der Waals surface area contributed by atoms with Crippen molar-refractivity contribution in [2.75, 3.05) is 26.7 Å². The van der Waals surface area contributed by atoms with E-state index in [0.717, 1.165) is 11.0 Å². The van der Waals surface area contributed by atoms with E-state index >= 15 is 0 Å². The lowest BCUT2D eigenvalue weighted by atomic mass is 10.1. The van der Waals surface area contributed by atoms with Gasteiger partial charge in [0.15, 0.2) is 0 Å². The van der Waals surface area contributed by atoms with Crippen molar-refractivity contribution in [2.45, 2.75) is 6.10 Å². The number of benzene rings is 1. The molecule has 112 valence electrons. The Morgan fingerprint density at radius 1 is 1.55 bits per heavy atom. The van der Waals surface area contributed by atoms with E-state index in [2.05, 4.69) is 26.6 Å². The largest absolute Gasteiger partial charge is 0.496 e. The van der Waals surface area contributed by atoms with Gasteiger partial charge in [0.05, 0.1) is 18.8 Å². The summed E-state index contributed by atoms with van der Waals surface area (Å²) in [5.74, 6) is 0.394. The van der Waals surface area contributed by atoms with Crippen LogP contribution in [0.25, 0.3) is 0 Å². The van der Waals surface area contributed by atoms with Crippen LogP contribution in [0, 0.1) is 5.92 Å². The topological polar surface area (TPSA) is 70.6 Å². The highest BCUT2D eigenvalue weighted by Gasteiger charge is 2.25. The molecule has 2 atom stereocenters. The van der Waals surface area contributed by atoms with Crippen LogP contribution < -0.4 is 15.4 Å². The molecule has 1 aromatic rings. The molecule has 20 heavy (non-hydrogen) atoms. The maximum absolute atomic E-state index is 12.1. The third-order valence-corrected chi connectivity index (χ3v) is 3.73. The molecule has 0 bridgehead atoms. The zero-order valence-corrected chi connectivity index (χ0v) is 13.5. The molecule has 1 amide bonds. The van der Waals surface area contributed by atoms with E-state index in [1.54, 1.807) is 18.2 Å². The summed E-state index contributed by atoms with van der Waals surface area (Å²) in [5, 5.41) is 15.6. The first kappa shape index (κ1) is 17.2. The summed E-state index contributed by atoms with van der Waals surface area (Å²) >= 11 is 3.33. The predicted molar refractivity (Wildman–Crippen MR) is 82.6 cm³/mol. The molecule has 0 aliphatic carbocycles. The van der Waals surface area contributed by atoms with Crippen LogP contribution in [0.1, 0.15) is 10.4 Å². The normalized spacial score (nSPS) is 21.1. The number of nitrogens with one attached hydrogen (secondary N) is 2. The molecule has 0 radical (unpaired) electrons. The molecule has 1 fully saturated rings. The van der Waals surface area contributed by atoms with E-state index < -0.39 is 6.10 Å². The molecular formula is C13H18BrClN2O3. The van der Waals surface area contributed by atoms with Gasteiger partial charge in [0.2, 0.25) is 0 Å². The lowest BCUT2D eigenvalue weighted by molar-refractivity contribution is 0.0924. The highest BCUT2D eigenvalue weighted by Crippen LogP contribution is 2.23. The number of ether oxygens (including phenoxy) is 1. The minimum atomic E-state index is -0.396. The average molecular weight is 366 g/mol. The Hall–Kier alpha value is -0.820. The molecule has 1 aliphatic rings. The second kappa shape index (κ2) is 7.83. The first-order chi connectivity index (χ1) is 9.11. The smallest absolute Gasteiger partial charge is 0.255 e. The van der Waals surface area contributed by atoms with Crippen molar-refractivity contribution in [3.63, 3.8) is 0 Å². The third kappa shape index (κ3) is 4.09. The lowest BCUT2D eigenvalue weighted by Crippen LogP contribution is -2.34. The first-order valence-corrected chi connectivity index (χ1v) is 6.91. The molecule has 1 saturated heterocycles. The lowest BCUT2D eigenvalue weighted by Gasteiger charge is -2.15. The molecule has 1 heterocycles. The van der Waals surface area contributed by atoms with Gasteiger partial charge in [-0.15, -0.1) is 12.4 Å². The maximum atomic E-state index is 12.1. The predicted octanol–water partition coefficient (Wildman–Crippen LogP) is 1.19. The van der Waals surface area contributed by atoms with Gasteiger partial charge in [-0.1, -0.05) is 15.9 Å². The molecule has 1 aromatic carbocycles. The minimum absolute atomic E-state index is 0. The van der Waals surface area contributed by atoms with Crippen LogP contribution in [0.2, 0.25) is 0 Å². The number of amides is 1. The van der Waals surface area contributed by atoms with E-state index in [1.165, 1.54) is 7.11 Å². The summed E-state index contributed by atoms with van der Waals surface area (Å²) in [5.41, 5.74) is 0.492. The summed E-state index contributed by atoms with van der Waals surface area (Å²) in [4.78, 5) is 12.1. The Labute approximate surface area is 132 Å². The van der Waals surface area contributed by atoms with Crippen molar-refractivity contribution >= 4 is 34.2 Å². The number of hydrogen-bond donors (Lipinski definition) is 3. The van der Waals surface area contributed by atoms with Crippen LogP contribution in [0.4, 0.5) is 0 Å². The van der Waals surface area contributed by atoms with Gasteiger partial charge in [0, 0.05) is 30.0 Å². The van der Waals surface area contributed by atoms with Crippen LogP contribution in [0.3, 0.4) is 0 Å². The summed E-state index contributed by atoms with van der Waals surface area (Å²) in [6.45, 7) is 1.76. The number of carbonyl (C=O) groups is 1. The van der Waals surface area contributed by atoms with Gasteiger partial charge in [0.1, 0.15) is 5.75 Å². The number of hydrogen-bond acceptors (Lipinski definition) is 4. The molecule has 5 nitrogen and oxygen atoms in total. The number of aliphatic hydroxyl groups is 1. The fraction of sp³-hybridized carbons (Fsp3) is 0.462. The number of carbonyl (C=O) groups excluding carboxylic acids is 1.